The van der Waals surface area contributed by atoms with E-state index in [4.69, 9.17) is 20.9 Å². The smallest absolute Gasteiger partial charge is 0.224 e. The third-order valence-electron chi connectivity index (χ3n) is 4.82. The normalized spacial score (nSPS) is 13.2. The number of nitrogen functional groups attached to an aromatic ring is 2. The van der Waals surface area contributed by atoms with Crippen molar-refractivity contribution in [2.45, 2.75) is 32.3 Å². The van der Waals surface area contributed by atoms with Crippen LogP contribution in [-0.4, -0.2) is 26.0 Å². The number of nitrogens with two attached hydrogens (primary N) is 2. The number of aromatic nitrogens is 4. The minimum atomic E-state index is -0.474. The average molecular weight is 416 g/mol. The molecule has 4 aromatic rings. The summed E-state index contributed by atoms with van der Waals surface area (Å²) in [7, 11) is 0. The molecule has 8 nitrogen and oxygen atoms in total. The first-order valence-corrected chi connectivity index (χ1v) is 9.97. The van der Waals surface area contributed by atoms with E-state index in [0.29, 0.717) is 30.1 Å². The van der Waals surface area contributed by atoms with E-state index in [2.05, 4.69) is 19.9 Å². The van der Waals surface area contributed by atoms with Crippen LogP contribution >= 0.6 is 0 Å². The van der Waals surface area contributed by atoms with Crippen molar-refractivity contribution in [3.63, 3.8) is 0 Å². The summed E-state index contributed by atoms with van der Waals surface area (Å²) in [5.41, 5.74) is 15.1. The zero-order chi connectivity index (χ0) is 21.6. The second-order valence-corrected chi connectivity index (χ2v) is 7.15. The minimum Gasteiger partial charge on any atom is -0.382 e. The predicted molar refractivity (Wildman–Crippen MR) is 119 cm³/mol. The molecule has 2 aromatic heterocycles. The number of ether oxygens (including phenoxy) is 2. The fourth-order valence-electron chi connectivity index (χ4n) is 3.21. The number of fused-ring (bicyclic) bond motifs is 1. The minimum absolute atomic E-state index is 0.0588. The van der Waals surface area contributed by atoms with E-state index in [1.54, 1.807) is 6.20 Å². The lowest BCUT2D eigenvalue weighted by molar-refractivity contribution is -0.0815. The highest BCUT2D eigenvalue weighted by Crippen LogP contribution is 2.26. The molecule has 0 aliphatic carbocycles. The Morgan fingerprint density at radius 2 is 1.42 bits per heavy atom. The lowest BCUT2D eigenvalue weighted by atomic mass is 10.1. The maximum atomic E-state index is 6.24. The molecule has 0 saturated carbocycles. The molecule has 0 radical (unpaired) electrons. The Balaban J connectivity index is 1.60. The Morgan fingerprint density at radius 1 is 0.806 bits per heavy atom. The van der Waals surface area contributed by atoms with Crippen LogP contribution in [0.2, 0.25) is 0 Å². The van der Waals surface area contributed by atoms with Crippen molar-refractivity contribution >= 4 is 22.9 Å². The standard InChI is InChI=1S/C23H24N6O2/c1-15(30-13-16-8-4-2-5-9-16)20(31-14-17-10-6-3-7-11-17)18-12-26-22-19(27-18)21(24)28-23(25)29-22/h2-12,15,20H,13-14H2,1H3,(H4,24,25,26,28,29). The highest BCUT2D eigenvalue weighted by molar-refractivity contribution is 5.81. The average Bonchev–Trinajstić information content (AvgIpc) is 2.79. The van der Waals surface area contributed by atoms with Crippen LogP contribution in [-0.2, 0) is 22.7 Å². The molecule has 0 bridgehead atoms. The van der Waals surface area contributed by atoms with Gasteiger partial charge < -0.3 is 20.9 Å². The van der Waals surface area contributed by atoms with Gasteiger partial charge in [0.2, 0.25) is 5.95 Å². The molecule has 0 aliphatic heterocycles. The second-order valence-electron chi connectivity index (χ2n) is 7.15. The van der Waals surface area contributed by atoms with Gasteiger partial charge in [-0.25, -0.2) is 9.97 Å². The summed E-state index contributed by atoms with van der Waals surface area (Å²) in [6, 6.07) is 19.9. The molecule has 0 saturated heterocycles. The van der Waals surface area contributed by atoms with Gasteiger partial charge >= 0.3 is 0 Å². The first-order chi connectivity index (χ1) is 15.1. The lowest BCUT2D eigenvalue weighted by Gasteiger charge is -2.24. The highest BCUT2D eigenvalue weighted by atomic mass is 16.5. The molecule has 158 valence electrons. The van der Waals surface area contributed by atoms with Crippen molar-refractivity contribution in [1.29, 1.82) is 0 Å². The molecule has 0 spiro atoms. The van der Waals surface area contributed by atoms with E-state index in [1.807, 2.05) is 67.6 Å². The summed E-state index contributed by atoms with van der Waals surface area (Å²) >= 11 is 0. The van der Waals surface area contributed by atoms with Crippen molar-refractivity contribution in [2.75, 3.05) is 11.5 Å². The van der Waals surface area contributed by atoms with Crippen LogP contribution in [0.25, 0.3) is 11.2 Å². The van der Waals surface area contributed by atoms with E-state index < -0.39 is 6.10 Å². The SMILES string of the molecule is CC(OCc1ccccc1)C(OCc1ccccc1)c1cnc2nc(N)nc(N)c2n1. The van der Waals surface area contributed by atoms with Crippen LogP contribution in [0.4, 0.5) is 11.8 Å². The van der Waals surface area contributed by atoms with E-state index in [1.165, 1.54) is 0 Å². The molecule has 2 aromatic carbocycles. The van der Waals surface area contributed by atoms with Crippen molar-refractivity contribution in [1.82, 2.24) is 19.9 Å². The fraction of sp³-hybridized carbons (Fsp3) is 0.217. The maximum absolute atomic E-state index is 6.24. The molecule has 31 heavy (non-hydrogen) atoms. The predicted octanol–water partition coefficient (Wildman–Crippen LogP) is 3.45. The Bertz CT molecular complexity index is 1140. The van der Waals surface area contributed by atoms with E-state index >= 15 is 0 Å². The maximum Gasteiger partial charge on any atom is 0.224 e. The third kappa shape index (κ3) is 5.11. The van der Waals surface area contributed by atoms with Gasteiger partial charge in [0, 0.05) is 0 Å². The number of hydrogen-bond acceptors (Lipinski definition) is 8. The summed E-state index contributed by atoms with van der Waals surface area (Å²) in [6.07, 6.45) is 0.844. The van der Waals surface area contributed by atoms with Gasteiger partial charge in [0.15, 0.2) is 17.0 Å². The van der Waals surface area contributed by atoms with Crippen molar-refractivity contribution in [3.05, 3.63) is 83.7 Å². The Hall–Kier alpha value is -3.62. The monoisotopic (exact) mass is 416 g/mol. The number of hydrogen-bond donors (Lipinski definition) is 2. The summed E-state index contributed by atoms with van der Waals surface area (Å²) in [4.78, 5) is 17.1. The molecule has 0 amide bonds. The van der Waals surface area contributed by atoms with Gasteiger partial charge in [-0.2, -0.15) is 9.97 Å². The summed E-state index contributed by atoms with van der Waals surface area (Å²) in [6.45, 7) is 2.81. The number of anilines is 2. The molecule has 4 N–H and O–H groups in total. The van der Waals surface area contributed by atoms with Gasteiger partial charge in [0.25, 0.3) is 0 Å². The van der Waals surface area contributed by atoms with Crippen LogP contribution in [0.3, 0.4) is 0 Å². The zero-order valence-corrected chi connectivity index (χ0v) is 17.2. The topological polar surface area (TPSA) is 122 Å². The number of rotatable bonds is 8. The first-order valence-electron chi connectivity index (χ1n) is 9.97. The second kappa shape index (κ2) is 9.46. The molecule has 2 unspecified atom stereocenters. The van der Waals surface area contributed by atoms with Gasteiger partial charge in [-0.05, 0) is 18.1 Å². The van der Waals surface area contributed by atoms with E-state index in [0.717, 1.165) is 11.1 Å². The van der Waals surface area contributed by atoms with Crippen LogP contribution in [0.1, 0.15) is 29.8 Å². The summed E-state index contributed by atoms with van der Waals surface area (Å²) in [5.74, 6) is 0.236. The largest absolute Gasteiger partial charge is 0.382 e. The molecule has 0 fully saturated rings. The Morgan fingerprint density at radius 3 is 2.06 bits per heavy atom. The first kappa shape index (κ1) is 20.6. The van der Waals surface area contributed by atoms with Gasteiger partial charge in [-0.1, -0.05) is 60.7 Å². The van der Waals surface area contributed by atoms with Gasteiger partial charge in [0.05, 0.1) is 31.2 Å². The van der Waals surface area contributed by atoms with Crippen LogP contribution < -0.4 is 11.5 Å². The Kier molecular flexibility index (Phi) is 6.30. The van der Waals surface area contributed by atoms with Crippen LogP contribution in [0.15, 0.2) is 66.9 Å². The van der Waals surface area contributed by atoms with Crippen molar-refractivity contribution in [3.8, 4) is 0 Å². The van der Waals surface area contributed by atoms with Crippen LogP contribution in [0.5, 0.6) is 0 Å². The summed E-state index contributed by atoms with van der Waals surface area (Å²) in [5, 5.41) is 0. The molecule has 2 atom stereocenters. The molecule has 4 rings (SSSR count). The van der Waals surface area contributed by atoms with Gasteiger partial charge in [-0.15, -0.1) is 0 Å². The molecule has 2 heterocycles. The van der Waals surface area contributed by atoms with Crippen molar-refractivity contribution in [2.24, 2.45) is 0 Å². The molecule has 0 aliphatic rings. The molecular weight excluding hydrogens is 392 g/mol. The molecular formula is C23H24N6O2. The Labute approximate surface area is 180 Å². The summed E-state index contributed by atoms with van der Waals surface area (Å²) < 4.78 is 12.4. The fourth-order valence-corrected chi connectivity index (χ4v) is 3.21. The van der Waals surface area contributed by atoms with Gasteiger partial charge in [-0.3, -0.25) is 0 Å². The zero-order valence-electron chi connectivity index (χ0n) is 17.2. The lowest BCUT2D eigenvalue weighted by Crippen LogP contribution is -2.23. The number of benzene rings is 2. The van der Waals surface area contributed by atoms with E-state index in [9.17, 15) is 0 Å². The van der Waals surface area contributed by atoms with Crippen LogP contribution in [0, 0.1) is 0 Å². The van der Waals surface area contributed by atoms with Crippen molar-refractivity contribution < 1.29 is 9.47 Å². The third-order valence-corrected chi connectivity index (χ3v) is 4.82. The quantitative estimate of drug-likeness (QED) is 0.448. The number of nitrogens with zero attached hydrogens (tertiary/aromatic N) is 4. The molecule has 8 heteroatoms. The highest BCUT2D eigenvalue weighted by Gasteiger charge is 2.24. The van der Waals surface area contributed by atoms with Gasteiger partial charge in [0.1, 0.15) is 6.10 Å². The van der Waals surface area contributed by atoms with E-state index in [-0.39, 0.29) is 17.9 Å².